The van der Waals surface area contributed by atoms with Crippen LogP contribution >= 0.6 is 0 Å². The summed E-state index contributed by atoms with van der Waals surface area (Å²) in [6, 6.07) is 3.96. The highest BCUT2D eigenvalue weighted by Gasteiger charge is 2.29. The molecule has 0 amide bonds. The van der Waals surface area contributed by atoms with E-state index in [0.29, 0.717) is 16.5 Å². The number of nitrogens with zero attached hydrogens (tertiary/aromatic N) is 1. The number of rotatable bonds is 1. The lowest BCUT2D eigenvalue weighted by Crippen LogP contribution is -2.42. The Balaban J connectivity index is 1.97. The molecule has 1 aromatic rings. The zero-order valence-corrected chi connectivity index (χ0v) is 13.3. The van der Waals surface area contributed by atoms with E-state index >= 15 is 0 Å². The van der Waals surface area contributed by atoms with Gasteiger partial charge in [0.25, 0.3) is 10.0 Å². The molecule has 2 N–H and O–H groups in total. The van der Waals surface area contributed by atoms with Gasteiger partial charge in [-0.3, -0.25) is 0 Å². The van der Waals surface area contributed by atoms with Crippen molar-refractivity contribution in [3.05, 3.63) is 23.3 Å². The summed E-state index contributed by atoms with van der Waals surface area (Å²) >= 11 is 0. The van der Waals surface area contributed by atoms with Gasteiger partial charge in [0.15, 0.2) is 0 Å². The summed E-state index contributed by atoms with van der Waals surface area (Å²) in [6.07, 6.45) is 5.66. The zero-order chi connectivity index (χ0) is 15.0. The molecule has 5 nitrogen and oxygen atoms in total. The van der Waals surface area contributed by atoms with Gasteiger partial charge < -0.3 is 5.32 Å². The van der Waals surface area contributed by atoms with Gasteiger partial charge in [-0.2, -0.15) is 0 Å². The quantitative estimate of drug-likeness (QED) is 0.838. The largest absolute Gasteiger partial charge is 0.324 e. The van der Waals surface area contributed by atoms with Crippen molar-refractivity contribution in [3.8, 4) is 0 Å². The maximum Gasteiger partial charge on any atom is 0.266 e. The summed E-state index contributed by atoms with van der Waals surface area (Å²) in [4.78, 5) is 4.89. The number of hydrogen-bond acceptors (Lipinski definition) is 3. The van der Waals surface area contributed by atoms with Crippen molar-refractivity contribution in [1.29, 1.82) is 0 Å². The first kappa shape index (κ1) is 14.4. The molecule has 1 aromatic carbocycles. The van der Waals surface area contributed by atoms with Crippen LogP contribution in [-0.4, -0.2) is 20.4 Å². The van der Waals surface area contributed by atoms with Crippen LogP contribution in [-0.2, 0) is 10.0 Å². The highest BCUT2D eigenvalue weighted by molar-refractivity contribution is 7.90. The molecule has 0 aromatic heterocycles. The van der Waals surface area contributed by atoms with Gasteiger partial charge in [0.2, 0.25) is 5.96 Å². The van der Waals surface area contributed by atoms with Crippen molar-refractivity contribution in [2.75, 3.05) is 5.32 Å². The number of nitrogens with one attached hydrogen (secondary N) is 2. The van der Waals surface area contributed by atoms with Crippen molar-refractivity contribution in [3.63, 3.8) is 0 Å². The third-order valence-electron chi connectivity index (χ3n) is 4.06. The predicted molar refractivity (Wildman–Crippen MR) is 84.2 cm³/mol. The normalized spacial score (nSPS) is 23.2. The van der Waals surface area contributed by atoms with Gasteiger partial charge in [0, 0.05) is 0 Å². The maximum atomic E-state index is 12.4. The number of benzene rings is 1. The molecule has 1 aliphatic heterocycles. The molecule has 1 saturated carbocycles. The Morgan fingerprint density at radius 1 is 1.14 bits per heavy atom. The summed E-state index contributed by atoms with van der Waals surface area (Å²) in [5.41, 5.74) is 2.41. The lowest BCUT2D eigenvalue weighted by atomic mass is 9.96. The molecular formula is C15H21N3O2S. The van der Waals surface area contributed by atoms with Crippen LogP contribution in [0.4, 0.5) is 5.69 Å². The van der Waals surface area contributed by atoms with Crippen LogP contribution in [0.2, 0.25) is 0 Å². The van der Waals surface area contributed by atoms with Crippen LogP contribution in [0, 0.1) is 13.8 Å². The highest BCUT2D eigenvalue weighted by atomic mass is 32.2. The van der Waals surface area contributed by atoms with Crippen LogP contribution in [0.3, 0.4) is 0 Å². The van der Waals surface area contributed by atoms with E-state index in [1.165, 1.54) is 19.3 Å². The second kappa shape index (κ2) is 5.33. The fraction of sp³-hybridized carbons (Fsp3) is 0.533. The maximum absolute atomic E-state index is 12.4. The Kier molecular flexibility index (Phi) is 3.65. The second-order valence-electron chi connectivity index (χ2n) is 5.96. The lowest BCUT2D eigenvalue weighted by molar-refractivity contribution is 0.443. The molecule has 0 unspecified atom stereocenters. The lowest BCUT2D eigenvalue weighted by Gasteiger charge is -2.25. The van der Waals surface area contributed by atoms with Crippen molar-refractivity contribution in [2.24, 2.45) is 4.99 Å². The summed E-state index contributed by atoms with van der Waals surface area (Å²) in [5.74, 6) is 0.361. The Morgan fingerprint density at radius 2 is 1.86 bits per heavy atom. The fourth-order valence-electron chi connectivity index (χ4n) is 3.19. The molecule has 3 rings (SSSR count). The molecule has 21 heavy (non-hydrogen) atoms. The van der Waals surface area contributed by atoms with Crippen LogP contribution in [0.25, 0.3) is 0 Å². The summed E-state index contributed by atoms with van der Waals surface area (Å²) < 4.78 is 27.4. The number of aliphatic imine (C=N–C) groups is 1. The number of sulfonamides is 1. The topological polar surface area (TPSA) is 70.6 Å². The van der Waals surface area contributed by atoms with Gasteiger partial charge in [-0.1, -0.05) is 25.3 Å². The molecule has 2 aliphatic rings. The van der Waals surface area contributed by atoms with Crippen molar-refractivity contribution >= 4 is 21.7 Å². The van der Waals surface area contributed by atoms with E-state index in [9.17, 15) is 8.42 Å². The average Bonchev–Trinajstić information content (AvgIpc) is 2.37. The highest BCUT2D eigenvalue weighted by Crippen LogP contribution is 2.30. The molecule has 1 fully saturated rings. The molecule has 0 saturated heterocycles. The van der Waals surface area contributed by atoms with Crippen LogP contribution in [0.1, 0.15) is 43.2 Å². The zero-order valence-electron chi connectivity index (χ0n) is 12.4. The molecule has 114 valence electrons. The van der Waals surface area contributed by atoms with Gasteiger partial charge in [0.05, 0.1) is 11.7 Å². The molecule has 0 atom stereocenters. The number of aryl methyl sites for hydroxylation is 2. The number of anilines is 1. The molecule has 0 radical (unpaired) electrons. The van der Waals surface area contributed by atoms with E-state index in [4.69, 9.17) is 0 Å². The minimum absolute atomic E-state index is 0.219. The average molecular weight is 307 g/mol. The van der Waals surface area contributed by atoms with E-state index in [-0.39, 0.29) is 6.04 Å². The van der Waals surface area contributed by atoms with Crippen molar-refractivity contribution < 1.29 is 8.42 Å². The van der Waals surface area contributed by atoms with E-state index in [2.05, 4.69) is 15.0 Å². The van der Waals surface area contributed by atoms with E-state index < -0.39 is 10.0 Å². The summed E-state index contributed by atoms with van der Waals surface area (Å²) in [7, 11) is -3.53. The molecule has 1 aliphatic carbocycles. The van der Waals surface area contributed by atoms with Gasteiger partial charge in [0.1, 0.15) is 4.90 Å². The van der Waals surface area contributed by atoms with Crippen LogP contribution in [0.5, 0.6) is 0 Å². The first-order chi connectivity index (χ1) is 9.95. The van der Waals surface area contributed by atoms with Crippen LogP contribution in [0.15, 0.2) is 22.0 Å². The van der Waals surface area contributed by atoms with E-state index in [0.717, 1.165) is 24.0 Å². The Labute approximate surface area is 125 Å². The molecular weight excluding hydrogens is 286 g/mol. The third-order valence-corrected chi connectivity index (χ3v) is 5.60. The van der Waals surface area contributed by atoms with Gasteiger partial charge in [-0.25, -0.2) is 18.1 Å². The smallest absolute Gasteiger partial charge is 0.266 e. The second-order valence-corrected chi connectivity index (χ2v) is 7.58. The summed E-state index contributed by atoms with van der Waals surface area (Å²) in [5, 5.41) is 3.14. The first-order valence-electron chi connectivity index (χ1n) is 7.44. The Morgan fingerprint density at radius 3 is 2.57 bits per heavy atom. The number of guanidine groups is 1. The number of fused-ring (bicyclic) bond motifs is 1. The Bertz CT molecular complexity index is 689. The standard InChI is InChI=1S/C15H21N3O2S/c1-10-8-11(2)14-13(9-10)17-15(18-21(14,19)20)16-12-6-4-3-5-7-12/h8-9,12H,3-7H2,1-2H3,(H2,16,17,18). The minimum atomic E-state index is -3.53. The van der Waals surface area contributed by atoms with Crippen molar-refractivity contribution in [1.82, 2.24) is 4.72 Å². The van der Waals surface area contributed by atoms with Crippen molar-refractivity contribution in [2.45, 2.75) is 56.9 Å². The predicted octanol–water partition coefficient (Wildman–Crippen LogP) is 2.70. The molecule has 0 bridgehead atoms. The van der Waals surface area contributed by atoms with E-state index in [1.807, 2.05) is 26.0 Å². The first-order valence-corrected chi connectivity index (χ1v) is 8.93. The molecule has 0 spiro atoms. The van der Waals surface area contributed by atoms with Gasteiger partial charge in [-0.05, 0) is 43.9 Å². The van der Waals surface area contributed by atoms with Gasteiger partial charge >= 0.3 is 0 Å². The minimum Gasteiger partial charge on any atom is -0.324 e. The van der Waals surface area contributed by atoms with Crippen LogP contribution < -0.4 is 10.0 Å². The monoisotopic (exact) mass is 307 g/mol. The Hall–Kier alpha value is -1.56. The SMILES string of the molecule is Cc1cc(C)c2c(c1)NC(=NC1CCCCC1)NS2(=O)=O. The van der Waals surface area contributed by atoms with E-state index in [1.54, 1.807) is 0 Å². The summed E-state index contributed by atoms with van der Waals surface area (Å²) in [6.45, 7) is 3.78. The molecule has 6 heteroatoms. The fourth-order valence-corrected chi connectivity index (χ4v) is 4.53. The van der Waals surface area contributed by atoms with Gasteiger partial charge in [-0.15, -0.1) is 0 Å². The molecule has 1 heterocycles. The third kappa shape index (κ3) is 2.90. The number of hydrogen-bond donors (Lipinski definition) is 2.